The van der Waals surface area contributed by atoms with E-state index in [1.54, 1.807) is 12.1 Å². The van der Waals surface area contributed by atoms with Gasteiger partial charge in [-0.05, 0) is 74.6 Å². The fourth-order valence-electron chi connectivity index (χ4n) is 5.40. The fraction of sp³-hybridized carbons (Fsp3) is 0.611. The maximum absolute atomic E-state index is 12.9. The second-order valence-corrected chi connectivity index (χ2v) is 8.55. The first-order valence-electron chi connectivity index (χ1n) is 8.41. The lowest BCUT2D eigenvalue weighted by molar-refractivity contribution is -0.138. The molecule has 4 saturated carbocycles. The van der Waals surface area contributed by atoms with Gasteiger partial charge in [-0.1, -0.05) is 0 Å². The number of rotatable bonds is 4. The second kappa shape index (κ2) is 5.58. The largest absolute Gasteiger partial charge is 0.435 e. The topological polar surface area (TPSA) is 38.3 Å². The molecule has 0 spiro atoms. The van der Waals surface area contributed by atoms with Crippen molar-refractivity contribution in [3.05, 3.63) is 24.3 Å². The zero-order valence-corrected chi connectivity index (χ0v) is 14.0. The Morgan fingerprint density at radius 1 is 1.17 bits per heavy atom. The number of amides is 1. The Bertz CT molecular complexity index is 635. The third-order valence-electron chi connectivity index (χ3n) is 5.81. The molecule has 1 aromatic carbocycles. The summed E-state index contributed by atoms with van der Waals surface area (Å²) in [7, 11) is 0. The third-order valence-corrected chi connectivity index (χ3v) is 6.25. The van der Waals surface area contributed by atoms with Crippen LogP contribution in [0, 0.1) is 17.3 Å². The third kappa shape index (κ3) is 2.87. The molecule has 4 aliphatic rings. The van der Waals surface area contributed by atoms with Crippen LogP contribution >= 0.6 is 11.6 Å². The zero-order chi connectivity index (χ0) is 16.9. The van der Waals surface area contributed by atoms with Crippen molar-refractivity contribution in [2.24, 2.45) is 17.3 Å². The SMILES string of the molecule is O=C(Nc1ccc(OC(F)F)cc1)C12C[C@@H]3C[C@@H](CC(Cl)(C3)C1)C2. The number of nitrogens with one attached hydrogen (secondary N) is 1. The van der Waals surface area contributed by atoms with E-state index in [2.05, 4.69) is 10.1 Å². The smallest absolute Gasteiger partial charge is 0.387 e. The summed E-state index contributed by atoms with van der Waals surface area (Å²) in [5.41, 5.74) is 0.227. The number of carbonyl (C=O) groups is 1. The lowest BCUT2D eigenvalue weighted by atomic mass is 9.49. The van der Waals surface area contributed by atoms with E-state index >= 15 is 0 Å². The minimum atomic E-state index is -2.85. The van der Waals surface area contributed by atoms with E-state index in [0.717, 1.165) is 32.1 Å². The van der Waals surface area contributed by atoms with Crippen LogP contribution in [0.4, 0.5) is 14.5 Å². The van der Waals surface area contributed by atoms with Crippen LogP contribution in [0.2, 0.25) is 0 Å². The van der Waals surface area contributed by atoms with Crippen LogP contribution in [0.15, 0.2) is 24.3 Å². The van der Waals surface area contributed by atoms with Crippen LogP contribution < -0.4 is 10.1 Å². The number of hydrogen-bond donors (Lipinski definition) is 1. The first-order valence-corrected chi connectivity index (χ1v) is 8.79. The lowest BCUT2D eigenvalue weighted by Crippen LogP contribution is -2.57. The summed E-state index contributed by atoms with van der Waals surface area (Å²) < 4.78 is 28.7. The molecule has 0 radical (unpaired) electrons. The van der Waals surface area contributed by atoms with E-state index in [9.17, 15) is 13.6 Å². The molecule has 0 heterocycles. The number of carbonyl (C=O) groups excluding carboxylic acids is 1. The van der Waals surface area contributed by atoms with E-state index < -0.39 is 6.61 Å². The van der Waals surface area contributed by atoms with Crippen molar-refractivity contribution in [1.82, 2.24) is 0 Å². The van der Waals surface area contributed by atoms with Gasteiger partial charge in [0.15, 0.2) is 0 Å². The molecule has 24 heavy (non-hydrogen) atoms. The van der Waals surface area contributed by atoms with Crippen molar-refractivity contribution < 1.29 is 18.3 Å². The molecule has 0 saturated heterocycles. The Balaban J connectivity index is 1.48. The van der Waals surface area contributed by atoms with Crippen molar-refractivity contribution in [2.45, 2.75) is 50.0 Å². The van der Waals surface area contributed by atoms with Crippen LogP contribution in [-0.4, -0.2) is 17.4 Å². The van der Waals surface area contributed by atoms with Crippen LogP contribution in [0.3, 0.4) is 0 Å². The van der Waals surface area contributed by atoms with Gasteiger partial charge in [0.2, 0.25) is 5.91 Å². The van der Waals surface area contributed by atoms with E-state index in [4.69, 9.17) is 11.6 Å². The molecule has 1 N–H and O–H groups in total. The summed E-state index contributed by atoms with van der Waals surface area (Å²) in [5.74, 6) is 1.20. The molecule has 1 amide bonds. The summed E-state index contributed by atoms with van der Waals surface area (Å²) in [4.78, 5) is 12.7. The summed E-state index contributed by atoms with van der Waals surface area (Å²) in [5, 5.41) is 2.96. The quantitative estimate of drug-likeness (QED) is 0.787. The highest BCUT2D eigenvalue weighted by atomic mass is 35.5. The molecule has 0 aromatic heterocycles. The van der Waals surface area contributed by atoms with Crippen molar-refractivity contribution in [2.75, 3.05) is 5.32 Å². The van der Waals surface area contributed by atoms with Crippen LogP contribution in [-0.2, 0) is 4.79 Å². The summed E-state index contributed by atoms with van der Waals surface area (Å²) >= 11 is 6.77. The Hall–Kier alpha value is -1.36. The van der Waals surface area contributed by atoms with Gasteiger partial charge in [0, 0.05) is 10.6 Å². The van der Waals surface area contributed by atoms with Crippen molar-refractivity contribution in [3.63, 3.8) is 0 Å². The van der Waals surface area contributed by atoms with E-state index in [0.29, 0.717) is 17.5 Å². The van der Waals surface area contributed by atoms with E-state index in [-0.39, 0.29) is 21.9 Å². The average molecular weight is 356 g/mol. The molecule has 5 rings (SSSR count). The van der Waals surface area contributed by atoms with Gasteiger partial charge in [0.25, 0.3) is 0 Å². The van der Waals surface area contributed by atoms with Gasteiger partial charge in [-0.15, -0.1) is 11.6 Å². The highest BCUT2D eigenvalue weighted by Crippen LogP contribution is 2.64. The van der Waals surface area contributed by atoms with E-state index in [1.165, 1.54) is 18.6 Å². The Morgan fingerprint density at radius 3 is 2.33 bits per heavy atom. The highest BCUT2D eigenvalue weighted by Gasteiger charge is 2.60. The highest BCUT2D eigenvalue weighted by molar-refractivity contribution is 6.24. The van der Waals surface area contributed by atoms with Crippen molar-refractivity contribution in [3.8, 4) is 5.75 Å². The molecule has 6 heteroatoms. The molecule has 3 nitrogen and oxygen atoms in total. The Morgan fingerprint density at radius 2 is 1.79 bits per heavy atom. The van der Waals surface area contributed by atoms with Gasteiger partial charge in [-0.25, -0.2) is 0 Å². The van der Waals surface area contributed by atoms with Gasteiger partial charge < -0.3 is 10.1 Å². The zero-order valence-electron chi connectivity index (χ0n) is 13.2. The standard InChI is InChI=1S/C18H20ClF2NO2/c19-18-8-11-5-12(9-18)7-17(6-11,10-18)15(23)22-13-1-3-14(4-2-13)24-16(20)21/h1-4,11-12,16H,5-10H2,(H,22,23)/t11-,12+,17?,18?. The van der Waals surface area contributed by atoms with Gasteiger partial charge in [-0.3, -0.25) is 4.79 Å². The number of halogens is 3. The first kappa shape index (κ1) is 16.1. The normalized spacial score (nSPS) is 36.8. The number of benzene rings is 1. The molecule has 0 aliphatic heterocycles. The molecular formula is C18H20ClF2NO2. The second-order valence-electron chi connectivity index (χ2n) is 7.75. The number of ether oxygens (including phenoxy) is 1. The molecule has 4 aliphatic carbocycles. The van der Waals surface area contributed by atoms with Gasteiger partial charge >= 0.3 is 6.61 Å². The fourth-order valence-corrected chi connectivity index (χ4v) is 6.09. The predicted octanol–water partition coefficient (Wildman–Crippen LogP) is 4.80. The van der Waals surface area contributed by atoms with Gasteiger partial charge in [0.1, 0.15) is 5.75 Å². The summed E-state index contributed by atoms with van der Waals surface area (Å²) in [6, 6.07) is 6.05. The Labute approximate surface area is 144 Å². The first-order chi connectivity index (χ1) is 11.4. The van der Waals surface area contributed by atoms with E-state index in [1.807, 2.05) is 0 Å². The molecule has 1 aromatic rings. The average Bonchev–Trinajstić information content (AvgIpc) is 2.46. The number of hydrogen-bond acceptors (Lipinski definition) is 2. The minimum absolute atomic E-state index is 0.0177. The molecule has 4 fully saturated rings. The monoisotopic (exact) mass is 355 g/mol. The maximum atomic E-state index is 12.9. The minimum Gasteiger partial charge on any atom is -0.435 e. The number of anilines is 1. The molecule has 130 valence electrons. The summed E-state index contributed by atoms with van der Waals surface area (Å²) in [6.07, 6.45) is 5.82. The molecule has 4 bridgehead atoms. The van der Waals surface area contributed by atoms with Gasteiger partial charge in [0.05, 0.1) is 5.41 Å². The lowest BCUT2D eigenvalue weighted by Gasteiger charge is -2.59. The van der Waals surface area contributed by atoms with Crippen molar-refractivity contribution >= 4 is 23.2 Å². The maximum Gasteiger partial charge on any atom is 0.387 e. The Kier molecular flexibility index (Phi) is 3.75. The molecular weight excluding hydrogens is 336 g/mol. The number of alkyl halides is 3. The van der Waals surface area contributed by atoms with Crippen LogP contribution in [0.5, 0.6) is 5.75 Å². The van der Waals surface area contributed by atoms with Gasteiger partial charge in [-0.2, -0.15) is 8.78 Å². The molecule has 4 atom stereocenters. The van der Waals surface area contributed by atoms with Crippen LogP contribution in [0.1, 0.15) is 38.5 Å². The van der Waals surface area contributed by atoms with Crippen LogP contribution in [0.25, 0.3) is 0 Å². The predicted molar refractivity (Wildman–Crippen MR) is 87.4 cm³/mol. The molecule has 2 unspecified atom stereocenters. The summed E-state index contributed by atoms with van der Waals surface area (Å²) in [6.45, 7) is -2.85. The van der Waals surface area contributed by atoms with Crippen molar-refractivity contribution in [1.29, 1.82) is 0 Å².